The summed E-state index contributed by atoms with van der Waals surface area (Å²) in [6.07, 6.45) is 2.33. The van der Waals surface area contributed by atoms with E-state index in [2.05, 4.69) is 40.1 Å². The average Bonchev–Trinajstić information content (AvgIpc) is 2.76. The Balaban J connectivity index is 1.48. The van der Waals surface area contributed by atoms with Crippen LogP contribution in [0.4, 0.5) is 0 Å². The van der Waals surface area contributed by atoms with Gasteiger partial charge in [0, 0.05) is 45.4 Å². The van der Waals surface area contributed by atoms with E-state index in [-0.39, 0.29) is 11.9 Å². The van der Waals surface area contributed by atoms with Crippen molar-refractivity contribution in [2.45, 2.75) is 25.3 Å². The van der Waals surface area contributed by atoms with Crippen molar-refractivity contribution in [3.63, 3.8) is 0 Å². The van der Waals surface area contributed by atoms with Crippen LogP contribution in [0.25, 0.3) is 10.8 Å². The van der Waals surface area contributed by atoms with Gasteiger partial charge in [-0.3, -0.25) is 9.69 Å². The van der Waals surface area contributed by atoms with Gasteiger partial charge < -0.3 is 14.4 Å². The summed E-state index contributed by atoms with van der Waals surface area (Å²) in [6, 6.07) is 14.9. The van der Waals surface area contributed by atoms with Crippen molar-refractivity contribution in [1.29, 1.82) is 0 Å². The number of morpholine rings is 1. The minimum Gasteiger partial charge on any atom is -0.381 e. The van der Waals surface area contributed by atoms with Gasteiger partial charge in [0.25, 0.3) is 0 Å². The molecule has 0 spiro atoms. The molecule has 150 valence electrons. The van der Waals surface area contributed by atoms with Crippen molar-refractivity contribution in [3.8, 4) is 0 Å². The van der Waals surface area contributed by atoms with Crippen LogP contribution in [-0.4, -0.2) is 74.4 Å². The number of amides is 1. The fourth-order valence-corrected chi connectivity index (χ4v) is 4.29. The normalized spacial score (nSPS) is 19.0. The monoisotopic (exact) mass is 382 g/mol. The van der Waals surface area contributed by atoms with Crippen LogP contribution in [0.2, 0.25) is 0 Å². The number of fused-ring (bicyclic) bond motifs is 1. The summed E-state index contributed by atoms with van der Waals surface area (Å²) in [4.78, 5) is 17.9. The van der Waals surface area contributed by atoms with E-state index in [1.54, 1.807) is 0 Å². The minimum atomic E-state index is 0.233. The third-order valence-corrected chi connectivity index (χ3v) is 5.93. The molecule has 28 heavy (non-hydrogen) atoms. The van der Waals surface area contributed by atoms with E-state index in [4.69, 9.17) is 9.47 Å². The lowest BCUT2D eigenvalue weighted by Gasteiger charge is -2.36. The third-order valence-electron chi connectivity index (χ3n) is 5.93. The SMILES string of the molecule is O=C(Cc1cccc2ccccc12)N(CCN1CCOCC1)C1CCOCC1. The molecule has 2 aromatic rings. The summed E-state index contributed by atoms with van der Waals surface area (Å²) in [5, 5.41) is 2.37. The number of rotatable bonds is 6. The van der Waals surface area contributed by atoms with Crippen molar-refractivity contribution >= 4 is 16.7 Å². The standard InChI is InChI=1S/C23H30N2O3/c26-23(18-20-6-3-5-19-4-1-2-7-22(19)20)25(21-8-14-27-15-9-21)11-10-24-12-16-28-17-13-24/h1-7,21H,8-18H2. The zero-order valence-corrected chi connectivity index (χ0v) is 16.5. The van der Waals surface area contributed by atoms with Gasteiger partial charge in [0.15, 0.2) is 0 Å². The lowest BCUT2D eigenvalue weighted by atomic mass is 10.0. The maximum atomic E-state index is 13.4. The second-order valence-corrected chi connectivity index (χ2v) is 7.70. The van der Waals surface area contributed by atoms with Crippen LogP contribution >= 0.6 is 0 Å². The largest absolute Gasteiger partial charge is 0.381 e. The molecule has 0 aliphatic carbocycles. The van der Waals surface area contributed by atoms with Gasteiger partial charge in [0.05, 0.1) is 19.6 Å². The summed E-state index contributed by atoms with van der Waals surface area (Å²) in [5.41, 5.74) is 1.12. The minimum absolute atomic E-state index is 0.233. The quantitative estimate of drug-likeness (QED) is 0.770. The zero-order chi connectivity index (χ0) is 19.2. The molecule has 0 unspecified atom stereocenters. The Morgan fingerprint density at radius 2 is 1.68 bits per heavy atom. The van der Waals surface area contributed by atoms with E-state index >= 15 is 0 Å². The molecule has 2 fully saturated rings. The Bertz CT molecular complexity index is 777. The van der Waals surface area contributed by atoms with Crippen LogP contribution in [-0.2, 0) is 20.7 Å². The van der Waals surface area contributed by atoms with Crippen LogP contribution < -0.4 is 0 Å². The third kappa shape index (κ3) is 4.72. The Morgan fingerprint density at radius 3 is 2.50 bits per heavy atom. The predicted octanol–water partition coefficient (Wildman–Crippen LogP) is 2.72. The zero-order valence-electron chi connectivity index (χ0n) is 16.5. The van der Waals surface area contributed by atoms with Crippen LogP contribution in [0, 0.1) is 0 Å². The van der Waals surface area contributed by atoms with E-state index in [0.29, 0.717) is 6.42 Å². The first-order valence-electron chi connectivity index (χ1n) is 10.5. The summed E-state index contributed by atoms with van der Waals surface area (Å²) >= 11 is 0. The molecule has 0 aromatic heterocycles. The summed E-state index contributed by atoms with van der Waals surface area (Å²) in [5.74, 6) is 0.233. The number of hydrogen-bond acceptors (Lipinski definition) is 4. The molecule has 5 nitrogen and oxygen atoms in total. The molecular weight excluding hydrogens is 352 g/mol. The molecule has 0 bridgehead atoms. The number of benzene rings is 2. The van der Waals surface area contributed by atoms with Gasteiger partial charge in [-0.2, -0.15) is 0 Å². The molecule has 0 N–H and O–H groups in total. The van der Waals surface area contributed by atoms with Crippen LogP contribution in [0.5, 0.6) is 0 Å². The van der Waals surface area contributed by atoms with E-state index < -0.39 is 0 Å². The molecule has 2 aliphatic heterocycles. The number of ether oxygens (including phenoxy) is 2. The number of nitrogens with zero attached hydrogens (tertiary/aromatic N) is 2. The maximum Gasteiger partial charge on any atom is 0.227 e. The summed E-state index contributed by atoms with van der Waals surface area (Å²) in [7, 11) is 0. The van der Waals surface area contributed by atoms with Crippen LogP contribution in [0.1, 0.15) is 18.4 Å². The van der Waals surface area contributed by atoms with Crippen LogP contribution in [0.15, 0.2) is 42.5 Å². The van der Waals surface area contributed by atoms with Crippen molar-refractivity contribution in [2.75, 3.05) is 52.6 Å². The molecule has 1 amide bonds. The highest BCUT2D eigenvalue weighted by Gasteiger charge is 2.26. The predicted molar refractivity (Wildman–Crippen MR) is 110 cm³/mol. The Kier molecular flexibility index (Phi) is 6.57. The topological polar surface area (TPSA) is 42.0 Å². The Labute approximate surface area is 167 Å². The summed E-state index contributed by atoms with van der Waals surface area (Å²) < 4.78 is 11.0. The first-order valence-corrected chi connectivity index (χ1v) is 10.5. The van der Waals surface area contributed by atoms with Gasteiger partial charge in [0.2, 0.25) is 5.91 Å². The highest BCUT2D eigenvalue weighted by atomic mass is 16.5. The van der Waals surface area contributed by atoms with Gasteiger partial charge in [0.1, 0.15) is 0 Å². The highest BCUT2D eigenvalue weighted by molar-refractivity contribution is 5.90. The molecule has 2 heterocycles. The molecule has 0 radical (unpaired) electrons. The molecular formula is C23H30N2O3. The van der Waals surface area contributed by atoms with E-state index in [0.717, 1.165) is 71.0 Å². The molecule has 2 aliphatic rings. The van der Waals surface area contributed by atoms with Gasteiger partial charge in [-0.1, -0.05) is 42.5 Å². The van der Waals surface area contributed by atoms with E-state index in [9.17, 15) is 4.79 Å². The second kappa shape index (κ2) is 9.50. The second-order valence-electron chi connectivity index (χ2n) is 7.70. The first-order chi connectivity index (χ1) is 13.8. The lowest BCUT2D eigenvalue weighted by molar-refractivity contribution is -0.135. The number of carbonyl (C=O) groups is 1. The Hall–Kier alpha value is -1.95. The van der Waals surface area contributed by atoms with Gasteiger partial charge >= 0.3 is 0 Å². The van der Waals surface area contributed by atoms with E-state index in [1.165, 1.54) is 10.8 Å². The maximum absolute atomic E-state index is 13.4. The number of hydrogen-bond donors (Lipinski definition) is 0. The average molecular weight is 383 g/mol. The summed E-state index contributed by atoms with van der Waals surface area (Å²) in [6.45, 7) is 6.71. The number of carbonyl (C=O) groups excluding carboxylic acids is 1. The van der Waals surface area contributed by atoms with Crippen molar-refractivity contribution in [3.05, 3.63) is 48.0 Å². The van der Waals surface area contributed by atoms with Gasteiger partial charge in [-0.25, -0.2) is 0 Å². The van der Waals surface area contributed by atoms with Gasteiger partial charge in [-0.15, -0.1) is 0 Å². The smallest absolute Gasteiger partial charge is 0.227 e. The fraction of sp³-hybridized carbons (Fsp3) is 0.522. The van der Waals surface area contributed by atoms with Crippen molar-refractivity contribution in [1.82, 2.24) is 9.80 Å². The first kappa shape index (κ1) is 19.4. The molecule has 2 aromatic carbocycles. The Morgan fingerprint density at radius 1 is 0.964 bits per heavy atom. The molecule has 4 rings (SSSR count). The van der Waals surface area contributed by atoms with Crippen LogP contribution in [0.3, 0.4) is 0 Å². The van der Waals surface area contributed by atoms with Crippen molar-refractivity contribution in [2.24, 2.45) is 0 Å². The van der Waals surface area contributed by atoms with E-state index in [1.807, 2.05) is 12.1 Å². The fourth-order valence-electron chi connectivity index (χ4n) is 4.29. The highest BCUT2D eigenvalue weighted by Crippen LogP contribution is 2.21. The lowest BCUT2D eigenvalue weighted by Crippen LogP contribution is -2.49. The molecule has 0 saturated carbocycles. The van der Waals surface area contributed by atoms with Gasteiger partial charge in [-0.05, 0) is 29.2 Å². The molecule has 0 atom stereocenters. The molecule has 2 saturated heterocycles. The van der Waals surface area contributed by atoms with Crippen molar-refractivity contribution < 1.29 is 14.3 Å². The molecule has 5 heteroatoms.